The standard InChI is InChI=1S/C14H15N3O5S2/c1-16-7-8(5-12(16)18)13(19)15-24(21,22)9-3-4-10-11(6-9)23-14(20)17(10)2/h3-4,6,8H,5,7H2,1-2H3,(H,15,19)/t8-/m1/s1. The minimum atomic E-state index is -4.06. The molecule has 1 aliphatic heterocycles. The molecule has 1 atom stereocenters. The summed E-state index contributed by atoms with van der Waals surface area (Å²) in [6.45, 7) is 0.194. The minimum absolute atomic E-state index is 0.00279. The van der Waals surface area contributed by atoms with Crippen molar-refractivity contribution in [3.8, 4) is 0 Å². The molecule has 128 valence electrons. The number of fused-ring (bicyclic) bond motifs is 1. The summed E-state index contributed by atoms with van der Waals surface area (Å²) in [5.74, 6) is -1.58. The van der Waals surface area contributed by atoms with Crippen molar-refractivity contribution in [1.82, 2.24) is 14.2 Å². The van der Waals surface area contributed by atoms with Crippen LogP contribution >= 0.6 is 11.3 Å². The second kappa shape index (κ2) is 5.71. The number of aromatic nitrogens is 1. The predicted molar refractivity (Wildman–Crippen MR) is 88.1 cm³/mol. The third-order valence-electron chi connectivity index (χ3n) is 4.02. The Labute approximate surface area is 141 Å². The number of nitrogens with one attached hydrogen (secondary N) is 1. The number of sulfonamides is 1. The molecule has 0 aliphatic carbocycles. The van der Waals surface area contributed by atoms with Gasteiger partial charge in [0.1, 0.15) is 0 Å². The monoisotopic (exact) mass is 369 g/mol. The van der Waals surface area contributed by atoms with Crippen molar-refractivity contribution >= 4 is 43.4 Å². The van der Waals surface area contributed by atoms with E-state index >= 15 is 0 Å². The van der Waals surface area contributed by atoms with Gasteiger partial charge in [-0.2, -0.15) is 0 Å². The average molecular weight is 369 g/mol. The van der Waals surface area contributed by atoms with E-state index < -0.39 is 21.8 Å². The van der Waals surface area contributed by atoms with Crippen molar-refractivity contribution in [3.05, 3.63) is 27.9 Å². The molecule has 1 fully saturated rings. The maximum atomic E-state index is 12.4. The van der Waals surface area contributed by atoms with E-state index in [0.29, 0.717) is 10.2 Å². The van der Waals surface area contributed by atoms with E-state index in [1.165, 1.54) is 27.7 Å². The summed E-state index contributed by atoms with van der Waals surface area (Å²) in [5, 5.41) is 0. The van der Waals surface area contributed by atoms with Crippen LogP contribution in [0, 0.1) is 5.92 Å². The van der Waals surface area contributed by atoms with Gasteiger partial charge in [-0.3, -0.25) is 14.4 Å². The van der Waals surface area contributed by atoms with Gasteiger partial charge < -0.3 is 9.47 Å². The molecule has 0 saturated carbocycles. The quantitative estimate of drug-likeness (QED) is 0.812. The van der Waals surface area contributed by atoms with Crippen molar-refractivity contribution in [1.29, 1.82) is 0 Å². The maximum absolute atomic E-state index is 12.4. The summed E-state index contributed by atoms with van der Waals surface area (Å²) in [7, 11) is -0.894. The van der Waals surface area contributed by atoms with Crippen LogP contribution in [0.2, 0.25) is 0 Å². The number of likely N-dealkylation sites (tertiary alicyclic amines) is 1. The topological polar surface area (TPSA) is 106 Å². The van der Waals surface area contributed by atoms with Crippen LogP contribution in [0.4, 0.5) is 0 Å². The normalized spacial score (nSPS) is 18.3. The van der Waals surface area contributed by atoms with Crippen molar-refractivity contribution in [2.75, 3.05) is 13.6 Å². The van der Waals surface area contributed by atoms with Crippen molar-refractivity contribution < 1.29 is 18.0 Å². The number of aryl methyl sites for hydroxylation is 1. The molecule has 1 aromatic carbocycles. The van der Waals surface area contributed by atoms with E-state index in [-0.39, 0.29) is 28.6 Å². The van der Waals surface area contributed by atoms with Crippen LogP contribution in [-0.4, -0.2) is 43.3 Å². The first kappa shape index (κ1) is 16.7. The van der Waals surface area contributed by atoms with E-state index in [2.05, 4.69) is 0 Å². The Bertz CT molecular complexity index is 1010. The lowest BCUT2D eigenvalue weighted by molar-refractivity contribution is -0.127. The van der Waals surface area contributed by atoms with Crippen LogP contribution in [0.1, 0.15) is 6.42 Å². The van der Waals surface area contributed by atoms with Crippen molar-refractivity contribution in [2.45, 2.75) is 11.3 Å². The number of benzene rings is 1. The highest BCUT2D eigenvalue weighted by Crippen LogP contribution is 2.22. The van der Waals surface area contributed by atoms with E-state index in [1.807, 2.05) is 4.72 Å². The second-order valence-electron chi connectivity index (χ2n) is 5.70. The maximum Gasteiger partial charge on any atom is 0.307 e. The Balaban J connectivity index is 1.86. The van der Waals surface area contributed by atoms with Crippen LogP contribution < -0.4 is 9.60 Å². The smallest absolute Gasteiger partial charge is 0.307 e. The van der Waals surface area contributed by atoms with E-state index in [4.69, 9.17) is 0 Å². The van der Waals surface area contributed by atoms with Gasteiger partial charge in [0.25, 0.3) is 10.0 Å². The third kappa shape index (κ3) is 2.82. The molecular weight excluding hydrogens is 354 g/mol. The number of rotatable bonds is 3. The molecule has 1 aromatic heterocycles. The minimum Gasteiger partial charge on any atom is -0.345 e. The number of amides is 2. The van der Waals surface area contributed by atoms with Crippen molar-refractivity contribution in [2.24, 2.45) is 13.0 Å². The number of nitrogens with zero attached hydrogens (tertiary/aromatic N) is 2. The molecule has 10 heteroatoms. The summed E-state index contributed by atoms with van der Waals surface area (Å²) in [6.07, 6.45) is -0.00279. The first-order valence-corrected chi connectivity index (χ1v) is 9.39. The van der Waals surface area contributed by atoms with Gasteiger partial charge in [0.2, 0.25) is 11.8 Å². The molecule has 3 rings (SSSR count). The zero-order valence-electron chi connectivity index (χ0n) is 13.0. The number of carbonyl (C=O) groups is 2. The summed E-state index contributed by atoms with van der Waals surface area (Å²) in [6, 6.07) is 4.23. The molecule has 2 amide bonds. The van der Waals surface area contributed by atoms with Gasteiger partial charge in [-0.1, -0.05) is 11.3 Å². The van der Waals surface area contributed by atoms with E-state index in [9.17, 15) is 22.8 Å². The lowest BCUT2D eigenvalue weighted by Gasteiger charge is -2.11. The summed E-state index contributed by atoms with van der Waals surface area (Å²) < 4.78 is 28.7. The molecule has 1 N–H and O–H groups in total. The molecule has 0 unspecified atom stereocenters. The highest BCUT2D eigenvalue weighted by Gasteiger charge is 2.34. The molecule has 8 nitrogen and oxygen atoms in total. The van der Waals surface area contributed by atoms with Gasteiger partial charge in [-0.25, -0.2) is 13.1 Å². The van der Waals surface area contributed by atoms with Crippen LogP contribution in [0.3, 0.4) is 0 Å². The zero-order chi connectivity index (χ0) is 17.6. The number of hydrogen-bond donors (Lipinski definition) is 1. The first-order chi connectivity index (χ1) is 11.2. The van der Waals surface area contributed by atoms with Gasteiger partial charge in [0.15, 0.2) is 0 Å². The first-order valence-electron chi connectivity index (χ1n) is 7.09. The molecule has 0 radical (unpaired) electrons. The van der Waals surface area contributed by atoms with E-state index in [0.717, 1.165) is 11.3 Å². The Morgan fingerprint density at radius 3 is 2.62 bits per heavy atom. The number of carbonyl (C=O) groups excluding carboxylic acids is 2. The van der Waals surface area contributed by atoms with Crippen LogP contribution in [0.15, 0.2) is 27.9 Å². The van der Waals surface area contributed by atoms with Gasteiger partial charge in [-0.05, 0) is 18.2 Å². The van der Waals surface area contributed by atoms with Gasteiger partial charge >= 0.3 is 4.87 Å². The SMILES string of the molecule is CN1C[C@H](C(=O)NS(=O)(=O)c2ccc3c(c2)sc(=O)n3C)CC1=O. The average Bonchev–Trinajstić information content (AvgIpc) is 2.99. The lowest BCUT2D eigenvalue weighted by Crippen LogP contribution is -2.36. The largest absolute Gasteiger partial charge is 0.345 e. The van der Waals surface area contributed by atoms with Gasteiger partial charge in [0, 0.05) is 27.1 Å². The second-order valence-corrected chi connectivity index (χ2v) is 8.38. The fourth-order valence-corrected chi connectivity index (χ4v) is 4.66. The Kier molecular flexibility index (Phi) is 3.96. The Morgan fingerprint density at radius 2 is 2.00 bits per heavy atom. The molecule has 0 bridgehead atoms. The molecule has 1 saturated heterocycles. The molecule has 2 heterocycles. The van der Waals surface area contributed by atoms with Crippen molar-refractivity contribution in [3.63, 3.8) is 0 Å². The highest BCUT2D eigenvalue weighted by molar-refractivity contribution is 7.90. The van der Waals surface area contributed by atoms with E-state index in [1.54, 1.807) is 14.1 Å². The summed E-state index contributed by atoms with van der Waals surface area (Å²) in [4.78, 5) is 36.3. The molecule has 2 aromatic rings. The Morgan fingerprint density at radius 1 is 1.29 bits per heavy atom. The Hall–Kier alpha value is -2.20. The third-order valence-corrected chi connectivity index (χ3v) is 6.36. The molecule has 24 heavy (non-hydrogen) atoms. The number of thiazole rings is 1. The van der Waals surface area contributed by atoms with Gasteiger partial charge in [-0.15, -0.1) is 0 Å². The molecule has 1 aliphatic rings. The van der Waals surface area contributed by atoms with Crippen LogP contribution in [0.5, 0.6) is 0 Å². The lowest BCUT2D eigenvalue weighted by atomic mass is 10.1. The predicted octanol–water partition coefficient (Wildman–Crippen LogP) is -0.117. The molecular formula is C14H15N3O5S2. The highest BCUT2D eigenvalue weighted by atomic mass is 32.2. The summed E-state index contributed by atoms with van der Waals surface area (Å²) in [5.41, 5.74) is 0.623. The fourth-order valence-electron chi connectivity index (χ4n) is 2.60. The van der Waals surface area contributed by atoms with Crippen LogP contribution in [0.25, 0.3) is 10.2 Å². The molecule has 0 spiro atoms. The summed E-state index contributed by atoms with van der Waals surface area (Å²) >= 11 is 0.933. The fraction of sp³-hybridized carbons (Fsp3) is 0.357. The van der Waals surface area contributed by atoms with Gasteiger partial charge in [0.05, 0.1) is 21.0 Å². The number of hydrogen-bond acceptors (Lipinski definition) is 6. The zero-order valence-corrected chi connectivity index (χ0v) is 14.6. The van der Waals surface area contributed by atoms with Crippen LogP contribution in [-0.2, 0) is 26.7 Å².